The molecule has 1 saturated heterocycles. The van der Waals surface area contributed by atoms with Crippen molar-refractivity contribution in [3.8, 4) is 0 Å². The molecular weight excluding hydrogens is 332 g/mol. The molecule has 0 aliphatic carbocycles. The van der Waals surface area contributed by atoms with Crippen molar-refractivity contribution in [1.82, 2.24) is 10.2 Å². The van der Waals surface area contributed by atoms with Crippen LogP contribution in [0.3, 0.4) is 0 Å². The zero-order valence-electron chi connectivity index (χ0n) is 13.2. The van der Waals surface area contributed by atoms with Crippen molar-refractivity contribution in [3.05, 3.63) is 29.3 Å². The zero-order valence-corrected chi connectivity index (χ0v) is 14.8. The van der Waals surface area contributed by atoms with Crippen LogP contribution in [0, 0.1) is 0 Å². The van der Waals surface area contributed by atoms with Crippen LogP contribution in [-0.4, -0.2) is 42.1 Å². The van der Waals surface area contributed by atoms with Crippen LogP contribution in [0.2, 0.25) is 5.02 Å². The molecule has 23 heavy (non-hydrogen) atoms. The highest BCUT2D eigenvalue weighted by atomic mass is 35.5. The molecule has 126 valence electrons. The fourth-order valence-electron chi connectivity index (χ4n) is 2.53. The fourth-order valence-corrected chi connectivity index (χ4v) is 3.60. The summed E-state index contributed by atoms with van der Waals surface area (Å²) in [6.07, 6.45) is 4.70. The van der Waals surface area contributed by atoms with Gasteiger partial charge in [-0.3, -0.25) is 9.59 Å². The Bertz CT molecular complexity index is 539. The Morgan fingerprint density at radius 1 is 1.26 bits per heavy atom. The van der Waals surface area contributed by atoms with Crippen LogP contribution >= 0.6 is 23.4 Å². The van der Waals surface area contributed by atoms with E-state index in [0.717, 1.165) is 43.7 Å². The van der Waals surface area contributed by atoms with E-state index < -0.39 is 0 Å². The third-order valence-electron chi connectivity index (χ3n) is 3.79. The van der Waals surface area contributed by atoms with Crippen molar-refractivity contribution in [3.63, 3.8) is 0 Å². The van der Waals surface area contributed by atoms with Crippen LogP contribution in [0.5, 0.6) is 0 Å². The van der Waals surface area contributed by atoms with Crippen molar-refractivity contribution in [2.24, 2.45) is 0 Å². The van der Waals surface area contributed by atoms with Gasteiger partial charge in [-0.2, -0.15) is 0 Å². The topological polar surface area (TPSA) is 49.4 Å². The van der Waals surface area contributed by atoms with Gasteiger partial charge >= 0.3 is 0 Å². The largest absolute Gasteiger partial charge is 0.355 e. The normalized spacial score (nSPS) is 15.3. The molecule has 0 bridgehead atoms. The minimum absolute atomic E-state index is 0.00267. The van der Waals surface area contributed by atoms with Crippen LogP contribution in [0.15, 0.2) is 29.2 Å². The average Bonchev–Trinajstić information content (AvgIpc) is 2.75. The summed E-state index contributed by atoms with van der Waals surface area (Å²) in [4.78, 5) is 26.5. The quantitative estimate of drug-likeness (QED) is 0.603. The van der Waals surface area contributed by atoms with Gasteiger partial charge in [-0.15, -0.1) is 11.8 Å². The highest BCUT2D eigenvalue weighted by Gasteiger charge is 2.15. The lowest BCUT2D eigenvalue weighted by Gasteiger charge is -2.20. The Morgan fingerprint density at radius 3 is 2.91 bits per heavy atom. The summed E-state index contributed by atoms with van der Waals surface area (Å²) < 4.78 is 0. The maximum atomic E-state index is 11.9. The minimum Gasteiger partial charge on any atom is -0.355 e. The van der Waals surface area contributed by atoms with Gasteiger partial charge in [0, 0.05) is 31.0 Å². The van der Waals surface area contributed by atoms with E-state index in [9.17, 15) is 9.59 Å². The first-order chi connectivity index (χ1) is 11.2. The second kappa shape index (κ2) is 9.83. The van der Waals surface area contributed by atoms with Crippen molar-refractivity contribution in [1.29, 1.82) is 0 Å². The fraction of sp³-hybridized carbons (Fsp3) is 0.529. The average molecular weight is 355 g/mol. The summed E-state index contributed by atoms with van der Waals surface area (Å²) >= 11 is 7.49. The number of carbonyl (C=O) groups excluding carboxylic acids is 2. The molecule has 1 aromatic carbocycles. The Balaban J connectivity index is 1.61. The molecule has 4 nitrogen and oxygen atoms in total. The maximum absolute atomic E-state index is 11.9. The second-order valence-corrected chi connectivity index (χ2v) is 7.04. The molecule has 0 aromatic heterocycles. The number of nitrogens with zero attached hydrogens (tertiary/aromatic N) is 1. The van der Waals surface area contributed by atoms with Crippen molar-refractivity contribution >= 4 is 35.2 Å². The summed E-state index contributed by atoms with van der Waals surface area (Å²) in [6.45, 7) is 2.19. The zero-order chi connectivity index (χ0) is 16.5. The summed E-state index contributed by atoms with van der Waals surface area (Å²) in [7, 11) is 0. The molecule has 2 rings (SSSR count). The van der Waals surface area contributed by atoms with E-state index in [1.54, 1.807) is 0 Å². The van der Waals surface area contributed by atoms with Gasteiger partial charge in [0.25, 0.3) is 0 Å². The number of amides is 2. The molecule has 0 spiro atoms. The molecule has 0 saturated carbocycles. The molecule has 0 atom stereocenters. The summed E-state index contributed by atoms with van der Waals surface area (Å²) in [5.41, 5.74) is 0. The van der Waals surface area contributed by atoms with Crippen LogP contribution in [0.25, 0.3) is 0 Å². The molecule has 1 N–H and O–H groups in total. The number of rotatable bonds is 7. The number of benzene rings is 1. The number of hydrogen-bond acceptors (Lipinski definition) is 3. The maximum Gasteiger partial charge on any atom is 0.230 e. The standard InChI is InChI=1S/C17H23ClN2O2S/c18-14-7-3-4-8-15(14)23-13-16(21)19-10-6-12-20-11-5-1-2-9-17(20)22/h3-4,7-8H,1-2,5-6,9-13H2,(H,19,21). The molecule has 1 aliphatic heterocycles. The van der Waals surface area contributed by atoms with Crippen LogP contribution in [0.4, 0.5) is 0 Å². The van der Waals surface area contributed by atoms with E-state index in [1.165, 1.54) is 11.8 Å². The molecule has 1 aromatic rings. The third kappa shape index (κ3) is 6.43. The third-order valence-corrected chi connectivity index (χ3v) is 5.31. The van der Waals surface area contributed by atoms with Crippen molar-refractivity contribution < 1.29 is 9.59 Å². The van der Waals surface area contributed by atoms with Gasteiger partial charge in [0.15, 0.2) is 0 Å². The van der Waals surface area contributed by atoms with Gasteiger partial charge in [-0.1, -0.05) is 30.2 Å². The number of thioether (sulfide) groups is 1. The Morgan fingerprint density at radius 2 is 2.09 bits per heavy atom. The van der Waals surface area contributed by atoms with Gasteiger partial charge in [0.1, 0.15) is 0 Å². The van der Waals surface area contributed by atoms with E-state index in [2.05, 4.69) is 5.32 Å². The molecule has 1 fully saturated rings. The summed E-state index contributed by atoms with van der Waals surface area (Å²) in [5.74, 6) is 0.604. The number of halogens is 1. The van der Waals surface area contributed by atoms with E-state index >= 15 is 0 Å². The molecule has 6 heteroatoms. The van der Waals surface area contributed by atoms with E-state index in [4.69, 9.17) is 11.6 Å². The van der Waals surface area contributed by atoms with E-state index in [-0.39, 0.29) is 11.8 Å². The van der Waals surface area contributed by atoms with Gasteiger partial charge < -0.3 is 10.2 Å². The molecule has 0 radical (unpaired) electrons. The van der Waals surface area contributed by atoms with Crippen LogP contribution < -0.4 is 5.32 Å². The highest BCUT2D eigenvalue weighted by Crippen LogP contribution is 2.26. The monoisotopic (exact) mass is 354 g/mol. The molecule has 0 unspecified atom stereocenters. The molecule has 2 amide bonds. The number of nitrogens with one attached hydrogen (secondary N) is 1. The predicted molar refractivity (Wildman–Crippen MR) is 94.9 cm³/mol. The Hall–Kier alpha value is -1.20. The molecule has 1 aliphatic rings. The van der Waals surface area contributed by atoms with E-state index in [1.807, 2.05) is 29.2 Å². The van der Waals surface area contributed by atoms with Crippen LogP contribution in [-0.2, 0) is 9.59 Å². The van der Waals surface area contributed by atoms with Gasteiger partial charge in [-0.25, -0.2) is 0 Å². The highest BCUT2D eigenvalue weighted by molar-refractivity contribution is 8.00. The number of carbonyl (C=O) groups is 2. The van der Waals surface area contributed by atoms with Crippen LogP contribution in [0.1, 0.15) is 32.1 Å². The van der Waals surface area contributed by atoms with Gasteiger partial charge in [-0.05, 0) is 31.4 Å². The second-order valence-electron chi connectivity index (χ2n) is 5.61. The smallest absolute Gasteiger partial charge is 0.230 e. The Kier molecular flexibility index (Phi) is 7.76. The van der Waals surface area contributed by atoms with Crippen molar-refractivity contribution in [2.75, 3.05) is 25.4 Å². The molecular formula is C17H23ClN2O2S. The number of likely N-dealkylation sites (tertiary alicyclic amines) is 1. The molecule has 1 heterocycles. The lowest BCUT2D eigenvalue weighted by atomic mass is 10.2. The van der Waals surface area contributed by atoms with E-state index in [0.29, 0.717) is 23.7 Å². The number of hydrogen-bond donors (Lipinski definition) is 1. The lowest BCUT2D eigenvalue weighted by molar-refractivity contribution is -0.130. The van der Waals surface area contributed by atoms with Crippen molar-refractivity contribution in [2.45, 2.75) is 37.0 Å². The summed E-state index contributed by atoms with van der Waals surface area (Å²) in [5, 5.41) is 3.57. The SMILES string of the molecule is O=C(CSc1ccccc1Cl)NCCCN1CCCCCC1=O. The Labute approximate surface area is 146 Å². The van der Waals surface area contributed by atoms with Gasteiger partial charge in [0.05, 0.1) is 10.8 Å². The first-order valence-corrected chi connectivity index (χ1v) is 9.45. The lowest BCUT2D eigenvalue weighted by Crippen LogP contribution is -2.34. The predicted octanol–water partition coefficient (Wildman–Crippen LogP) is 3.34. The van der Waals surface area contributed by atoms with Gasteiger partial charge in [0.2, 0.25) is 11.8 Å². The first-order valence-electron chi connectivity index (χ1n) is 8.08. The summed E-state index contributed by atoms with van der Waals surface area (Å²) in [6, 6.07) is 7.51. The minimum atomic E-state index is -0.00267. The first kappa shape index (κ1) is 18.1.